The number of aliphatic carboxylic acids is 1. The van der Waals surface area contributed by atoms with Crippen molar-refractivity contribution in [2.24, 2.45) is 0 Å². The van der Waals surface area contributed by atoms with Crippen LogP contribution in [-0.4, -0.2) is 54.3 Å². The maximum atomic E-state index is 12.5. The van der Waals surface area contributed by atoms with Crippen molar-refractivity contribution in [2.75, 3.05) is 26.3 Å². The quantitative estimate of drug-likeness (QED) is 0.891. The number of benzene rings is 1. The maximum Gasteiger partial charge on any atom is 0.334 e. The van der Waals surface area contributed by atoms with Crippen LogP contribution in [0.3, 0.4) is 0 Å². The molecule has 1 fully saturated rings. The summed E-state index contributed by atoms with van der Waals surface area (Å²) < 4.78 is 10.7. The summed E-state index contributed by atoms with van der Waals surface area (Å²) in [5, 5.41) is 9.55. The molecule has 0 bridgehead atoms. The van der Waals surface area contributed by atoms with Gasteiger partial charge in [0.1, 0.15) is 12.4 Å². The van der Waals surface area contributed by atoms with E-state index in [9.17, 15) is 9.59 Å². The Morgan fingerprint density at radius 3 is 2.95 bits per heavy atom. The van der Waals surface area contributed by atoms with E-state index in [1.807, 2.05) is 0 Å². The number of carboxylic acid groups (broad SMARTS) is 1. The summed E-state index contributed by atoms with van der Waals surface area (Å²) in [5.41, 5.74) is 1.21. The number of hydrogen-bond acceptors (Lipinski definition) is 4. The second-order valence-corrected chi connectivity index (χ2v) is 5.53. The van der Waals surface area contributed by atoms with Crippen molar-refractivity contribution in [3.63, 3.8) is 0 Å². The van der Waals surface area contributed by atoms with Gasteiger partial charge in [0.05, 0.1) is 18.7 Å². The van der Waals surface area contributed by atoms with Crippen LogP contribution < -0.4 is 4.74 Å². The van der Waals surface area contributed by atoms with Crippen molar-refractivity contribution in [1.29, 1.82) is 0 Å². The third kappa shape index (κ3) is 2.93. The Morgan fingerprint density at radius 2 is 2.18 bits per heavy atom. The molecule has 22 heavy (non-hydrogen) atoms. The molecule has 6 nitrogen and oxygen atoms in total. The monoisotopic (exact) mass is 323 g/mol. The van der Waals surface area contributed by atoms with Gasteiger partial charge in [-0.1, -0.05) is 11.6 Å². The van der Waals surface area contributed by atoms with E-state index >= 15 is 0 Å². The molecule has 1 atom stereocenters. The summed E-state index contributed by atoms with van der Waals surface area (Å²) in [6.07, 6.45) is 0.753. The number of carbonyl (C=O) groups excluding carboxylic acids is 1. The number of ether oxygens (including phenoxy) is 2. The maximum absolute atomic E-state index is 12.5. The summed E-state index contributed by atoms with van der Waals surface area (Å²) in [4.78, 5) is 25.0. The van der Waals surface area contributed by atoms with E-state index in [1.165, 1.54) is 4.90 Å². The minimum absolute atomic E-state index is 0.0356. The number of carbonyl (C=O) groups is 2. The zero-order chi connectivity index (χ0) is 15.7. The normalized spacial score (nSPS) is 20.7. The number of carboxylic acids is 1. The Labute approximate surface area is 131 Å². The van der Waals surface area contributed by atoms with Crippen molar-refractivity contribution in [3.8, 4) is 5.75 Å². The van der Waals surface area contributed by atoms with Crippen LogP contribution in [0, 0.1) is 0 Å². The van der Waals surface area contributed by atoms with E-state index < -0.39 is 12.1 Å². The molecule has 0 radical (unpaired) electrons. The second kappa shape index (κ2) is 5.98. The van der Waals surface area contributed by atoms with E-state index in [1.54, 1.807) is 24.3 Å². The van der Waals surface area contributed by atoms with Crippen LogP contribution in [0.15, 0.2) is 23.8 Å². The molecule has 0 spiro atoms. The van der Waals surface area contributed by atoms with Crippen LogP contribution in [-0.2, 0) is 14.3 Å². The molecule has 1 N–H and O–H groups in total. The Kier molecular flexibility index (Phi) is 4.04. The SMILES string of the molecule is O=C(O)C1CN(C(=O)C2=Cc3cc(Cl)ccc3OC2)CCO1. The van der Waals surface area contributed by atoms with Crippen LogP contribution in [0.4, 0.5) is 0 Å². The van der Waals surface area contributed by atoms with Gasteiger partial charge in [0, 0.05) is 17.1 Å². The number of amides is 1. The van der Waals surface area contributed by atoms with E-state index in [-0.39, 0.29) is 25.7 Å². The Bertz CT molecular complexity index is 657. The predicted molar refractivity (Wildman–Crippen MR) is 78.9 cm³/mol. The second-order valence-electron chi connectivity index (χ2n) is 5.09. The lowest BCUT2D eigenvalue weighted by Crippen LogP contribution is -2.49. The standard InChI is InChI=1S/C15H14ClNO5/c16-11-1-2-12-9(6-11)5-10(8-22-12)14(18)17-3-4-21-13(7-17)15(19)20/h1-2,5-6,13H,3-4,7-8H2,(H,19,20). The van der Waals surface area contributed by atoms with Crippen LogP contribution in [0.2, 0.25) is 5.02 Å². The van der Waals surface area contributed by atoms with Gasteiger partial charge in [-0.25, -0.2) is 4.79 Å². The van der Waals surface area contributed by atoms with Crippen LogP contribution in [0.5, 0.6) is 5.75 Å². The zero-order valence-corrected chi connectivity index (χ0v) is 12.4. The van der Waals surface area contributed by atoms with Gasteiger partial charge in [0.15, 0.2) is 6.10 Å². The summed E-state index contributed by atoms with van der Waals surface area (Å²) in [6, 6.07) is 5.20. The number of hydrogen-bond donors (Lipinski definition) is 1. The first-order valence-electron chi connectivity index (χ1n) is 6.81. The smallest absolute Gasteiger partial charge is 0.334 e. The van der Waals surface area contributed by atoms with Gasteiger partial charge >= 0.3 is 5.97 Å². The fourth-order valence-corrected chi connectivity index (χ4v) is 2.64. The highest BCUT2D eigenvalue weighted by atomic mass is 35.5. The molecular weight excluding hydrogens is 310 g/mol. The molecule has 1 aromatic rings. The summed E-state index contributed by atoms with van der Waals surface area (Å²) >= 11 is 5.94. The first kappa shape index (κ1) is 14.9. The average Bonchev–Trinajstić information content (AvgIpc) is 2.53. The van der Waals surface area contributed by atoms with E-state index in [2.05, 4.69) is 0 Å². The van der Waals surface area contributed by atoms with E-state index in [0.29, 0.717) is 22.9 Å². The lowest BCUT2D eigenvalue weighted by Gasteiger charge is -2.32. The molecule has 2 aliphatic rings. The largest absolute Gasteiger partial charge is 0.488 e. The van der Waals surface area contributed by atoms with Crippen molar-refractivity contribution in [3.05, 3.63) is 34.4 Å². The number of rotatable bonds is 2. The minimum atomic E-state index is -1.07. The van der Waals surface area contributed by atoms with Crippen molar-refractivity contribution < 1.29 is 24.2 Å². The van der Waals surface area contributed by atoms with Gasteiger partial charge in [-0.15, -0.1) is 0 Å². The molecule has 0 saturated carbocycles. The fraction of sp³-hybridized carbons (Fsp3) is 0.333. The van der Waals surface area contributed by atoms with E-state index in [0.717, 1.165) is 5.56 Å². The average molecular weight is 324 g/mol. The van der Waals surface area contributed by atoms with Gasteiger partial charge in [-0.05, 0) is 24.3 Å². The molecule has 116 valence electrons. The van der Waals surface area contributed by atoms with Crippen LogP contribution >= 0.6 is 11.6 Å². The highest BCUT2D eigenvalue weighted by molar-refractivity contribution is 6.30. The predicted octanol–water partition coefficient (Wildman–Crippen LogP) is 1.43. The molecule has 1 unspecified atom stereocenters. The van der Waals surface area contributed by atoms with Gasteiger partial charge in [-0.3, -0.25) is 4.79 Å². The van der Waals surface area contributed by atoms with Crippen molar-refractivity contribution in [2.45, 2.75) is 6.10 Å². The van der Waals surface area contributed by atoms with Gasteiger partial charge in [0.25, 0.3) is 5.91 Å². The van der Waals surface area contributed by atoms with E-state index in [4.69, 9.17) is 26.2 Å². The molecule has 1 amide bonds. The summed E-state index contributed by atoms with van der Waals surface area (Å²) in [6.45, 7) is 0.762. The lowest BCUT2D eigenvalue weighted by atomic mass is 10.1. The van der Waals surface area contributed by atoms with Gasteiger partial charge in [0.2, 0.25) is 0 Å². The molecule has 3 rings (SSSR count). The first-order valence-corrected chi connectivity index (χ1v) is 7.19. The third-order valence-electron chi connectivity index (χ3n) is 3.59. The molecule has 1 aromatic carbocycles. The Hall–Kier alpha value is -2.05. The molecule has 2 aliphatic heterocycles. The van der Waals surface area contributed by atoms with Gasteiger partial charge in [-0.2, -0.15) is 0 Å². The number of fused-ring (bicyclic) bond motifs is 1. The minimum Gasteiger partial charge on any atom is -0.488 e. The molecular formula is C15H14ClNO5. The number of halogens is 1. The topological polar surface area (TPSA) is 76.1 Å². The van der Waals surface area contributed by atoms with Crippen molar-refractivity contribution in [1.82, 2.24) is 4.90 Å². The first-order chi connectivity index (χ1) is 10.5. The van der Waals surface area contributed by atoms with Crippen LogP contribution in [0.1, 0.15) is 5.56 Å². The molecule has 0 aliphatic carbocycles. The number of morpholine rings is 1. The highest BCUT2D eigenvalue weighted by Gasteiger charge is 2.31. The van der Waals surface area contributed by atoms with Crippen LogP contribution in [0.25, 0.3) is 6.08 Å². The molecule has 0 aromatic heterocycles. The number of nitrogens with zero attached hydrogens (tertiary/aromatic N) is 1. The van der Waals surface area contributed by atoms with Gasteiger partial charge < -0.3 is 19.5 Å². The molecule has 1 saturated heterocycles. The lowest BCUT2D eigenvalue weighted by molar-refractivity contribution is -0.158. The summed E-state index contributed by atoms with van der Waals surface area (Å²) in [5.74, 6) is -0.630. The summed E-state index contributed by atoms with van der Waals surface area (Å²) in [7, 11) is 0. The Balaban J connectivity index is 1.79. The fourth-order valence-electron chi connectivity index (χ4n) is 2.46. The third-order valence-corrected chi connectivity index (χ3v) is 3.82. The van der Waals surface area contributed by atoms with Crippen molar-refractivity contribution >= 4 is 29.6 Å². The zero-order valence-electron chi connectivity index (χ0n) is 11.6. The Morgan fingerprint density at radius 1 is 1.36 bits per heavy atom. The molecule has 2 heterocycles. The molecule has 7 heteroatoms. The highest BCUT2D eigenvalue weighted by Crippen LogP contribution is 2.29.